The molecule has 1 aliphatic carbocycles. The third-order valence-corrected chi connectivity index (χ3v) is 9.77. The van der Waals surface area contributed by atoms with Crippen molar-refractivity contribution in [2.75, 3.05) is 26.2 Å². The number of nitriles is 1. The van der Waals surface area contributed by atoms with E-state index in [2.05, 4.69) is 22.4 Å². The molecule has 0 bridgehead atoms. The van der Waals surface area contributed by atoms with Gasteiger partial charge in [-0.3, -0.25) is 14.5 Å². The standard InChI is InChI=1S/C34H34ClFN4O2/c35-28-5-2-6-29(36)31(28)32(41)38-30-10-9-25-7-8-26(20-27(25)30)33(42)40-17-13-34(14-18-40)11-15-39(16-12-34)22-24-4-1-3-23(19-24)21-37/h1-8,19-20,30H,9-18,22H2,(H,38,41). The van der Waals surface area contributed by atoms with Gasteiger partial charge in [0, 0.05) is 25.2 Å². The third-order valence-electron chi connectivity index (χ3n) is 9.46. The van der Waals surface area contributed by atoms with E-state index in [0.717, 1.165) is 76.0 Å². The van der Waals surface area contributed by atoms with Gasteiger partial charge in [-0.2, -0.15) is 5.26 Å². The molecule has 1 N–H and O–H groups in total. The number of nitrogens with zero attached hydrogens (tertiary/aromatic N) is 3. The number of rotatable bonds is 5. The van der Waals surface area contributed by atoms with Crippen molar-refractivity contribution in [3.8, 4) is 6.07 Å². The molecule has 1 atom stereocenters. The lowest BCUT2D eigenvalue weighted by atomic mass is 9.71. The Morgan fingerprint density at radius 1 is 1.00 bits per heavy atom. The summed E-state index contributed by atoms with van der Waals surface area (Å²) in [5.41, 5.74) is 4.66. The van der Waals surface area contributed by atoms with Crippen LogP contribution in [0.2, 0.25) is 5.02 Å². The molecule has 216 valence electrons. The average molecular weight is 585 g/mol. The molecule has 42 heavy (non-hydrogen) atoms. The van der Waals surface area contributed by atoms with Gasteiger partial charge in [0.2, 0.25) is 0 Å². The van der Waals surface area contributed by atoms with Crippen LogP contribution in [0.1, 0.15) is 81.1 Å². The molecule has 6 rings (SSSR count). The van der Waals surface area contributed by atoms with Crippen molar-refractivity contribution in [2.45, 2.75) is 51.1 Å². The van der Waals surface area contributed by atoms with E-state index >= 15 is 0 Å². The minimum atomic E-state index is -0.652. The van der Waals surface area contributed by atoms with Gasteiger partial charge in [0.15, 0.2) is 0 Å². The normalized spacial score (nSPS) is 19.7. The van der Waals surface area contributed by atoms with Crippen molar-refractivity contribution < 1.29 is 14.0 Å². The molecule has 2 aliphatic heterocycles. The largest absolute Gasteiger partial charge is 0.345 e. The van der Waals surface area contributed by atoms with E-state index < -0.39 is 11.7 Å². The summed E-state index contributed by atoms with van der Waals surface area (Å²) in [6.07, 6.45) is 5.73. The Morgan fingerprint density at radius 2 is 1.74 bits per heavy atom. The van der Waals surface area contributed by atoms with E-state index in [4.69, 9.17) is 11.6 Å². The van der Waals surface area contributed by atoms with Gasteiger partial charge in [-0.05, 0) is 110 Å². The Kier molecular flexibility index (Phi) is 8.02. The molecule has 2 heterocycles. The molecule has 3 aromatic carbocycles. The molecule has 0 radical (unpaired) electrons. The van der Waals surface area contributed by atoms with Crippen LogP contribution in [0.4, 0.5) is 4.39 Å². The number of fused-ring (bicyclic) bond motifs is 1. The molecule has 0 saturated carbocycles. The highest BCUT2D eigenvalue weighted by Gasteiger charge is 2.39. The van der Waals surface area contributed by atoms with Crippen molar-refractivity contribution in [3.63, 3.8) is 0 Å². The third kappa shape index (κ3) is 5.79. The maximum atomic E-state index is 14.3. The number of likely N-dealkylation sites (tertiary alicyclic amines) is 2. The highest BCUT2D eigenvalue weighted by molar-refractivity contribution is 6.33. The van der Waals surface area contributed by atoms with Crippen molar-refractivity contribution in [3.05, 3.63) is 105 Å². The Labute approximate surface area is 251 Å². The number of aryl methyl sites for hydroxylation is 1. The number of hydrogen-bond donors (Lipinski definition) is 1. The molecule has 3 aliphatic rings. The Bertz CT molecular complexity index is 1530. The number of amides is 2. The minimum Gasteiger partial charge on any atom is -0.345 e. The van der Waals surface area contributed by atoms with Crippen molar-refractivity contribution in [2.24, 2.45) is 5.41 Å². The minimum absolute atomic E-state index is 0.0246. The predicted molar refractivity (Wildman–Crippen MR) is 160 cm³/mol. The van der Waals surface area contributed by atoms with E-state index in [1.807, 2.05) is 41.3 Å². The second-order valence-corrected chi connectivity index (χ2v) is 12.4. The van der Waals surface area contributed by atoms with Crippen LogP contribution in [0.5, 0.6) is 0 Å². The molecule has 2 fully saturated rings. The summed E-state index contributed by atoms with van der Waals surface area (Å²) >= 11 is 6.10. The molecule has 2 amide bonds. The first kappa shape index (κ1) is 28.4. The summed E-state index contributed by atoms with van der Waals surface area (Å²) in [6.45, 7) is 4.41. The summed E-state index contributed by atoms with van der Waals surface area (Å²) < 4.78 is 14.3. The molecular formula is C34H34ClFN4O2. The van der Waals surface area contributed by atoms with Crippen LogP contribution in [-0.2, 0) is 13.0 Å². The molecule has 0 aromatic heterocycles. The van der Waals surface area contributed by atoms with Gasteiger partial charge < -0.3 is 10.2 Å². The fraction of sp³-hybridized carbons (Fsp3) is 0.382. The highest BCUT2D eigenvalue weighted by Crippen LogP contribution is 2.42. The number of halogens is 2. The first-order valence-electron chi connectivity index (χ1n) is 14.7. The number of benzene rings is 3. The molecule has 1 unspecified atom stereocenters. The summed E-state index contributed by atoms with van der Waals surface area (Å²) in [7, 11) is 0. The van der Waals surface area contributed by atoms with Crippen LogP contribution in [0.15, 0.2) is 60.7 Å². The second kappa shape index (κ2) is 11.9. The molecule has 3 aromatic rings. The van der Waals surface area contributed by atoms with Crippen LogP contribution in [0.25, 0.3) is 0 Å². The van der Waals surface area contributed by atoms with Gasteiger partial charge in [-0.1, -0.05) is 35.9 Å². The van der Waals surface area contributed by atoms with Crippen LogP contribution >= 0.6 is 11.6 Å². The van der Waals surface area contributed by atoms with Gasteiger partial charge in [0.05, 0.1) is 28.3 Å². The maximum Gasteiger partial charge on any atom is 0.256 e. The van der Waals surface area contributed by atoms with Crippen LogP contribution < -0.4 is 5.32 Å². The summed E-state index contributed by atoms with van der Waals surface area (Å²) in [6, 6.07) is 19.8. The molecule has 2 saturated heterocycles. The second-order valence-electron chi connectivity index (χ2n) is 12.0. The number of piperidine rings is 2. The maximum absolute atomic E-state index is 14.3. The Balaban J connectivity index is 1.05. The first-order valence-corrected chi connectivity index (χ1v) is 15.1. The average Bonchev–Trinajstić information content (AvgIpc) is 3.40. The zero-order valence-electron chi connectivity index (χ0n) is 23.5. The van der Waals surface area contributed by atoms with E-state index in [1.165, 1.54) is 23.8 Å². The smallest absolute Gasteiger partial charge is 0.256 e. The SMILES string of the molecule is N#Cc1cccc(CN2CCC3(CC2)CCN(C(=O)c2ccc4c(c2)C(NC(=O)c2c(F)cccc2Cl)CC4)CC3)c1. The first-order chi connectivity index (χ1) is 20.3. The quantitative estimate of drug-likeness (QED) is 0.383. The Hall–Kier alpha value is -3.73. The topological polar surface area (TPSA) is 76.4 Å². The number of carbonyl (C=O) groups is 2. The molecular weight excluding hydrogens is 551 g/mol. The fourth-order valence-corrected chi connectivity index (χ4v) is 7.13. The van der Waals surface area contributed by atoms with E-state index in [0.29, 0.717) is 17.5 Å². The van der Waals surface area contributed by atoms with Gasteiger partial charge in [-0.15, -0.1) is 0 Å². The van der Waals surface area contributed by atoms with Gasteiger partial charge >= 0.3 is 0 Å². The molecule has 8 heteroatoms. The van der Waals surface area contributed by atoms with Crippen LogP contribution in [-0.4, -0.2) is 47.8 Å². The van der Waals surface area contributed by atoms with Crippen LogP contribution in [0, 0.1) is 22.6 Å². The van der Waals surface area contributed by atoms with Crippen molar-refractivity contribution >= 4 is 23.4 Å². The zero-order chi connectivity index (χ0) is 29.3. The zero-order valence-corrected chi connectivity index (χ0v) is 24.3. The lowest BCUT2D eigenvalue weighted by Crippen LogP contribution is -2.48. The van der Waals surface area contributed by atoms with E-state index in [1.54, 1.807) is 0 Å². The van der Waals surface area contributed by atoms with Gasteiger partial charge in [0.25, 0.3) is 11.8 Å². The van der Waals surface area contributed by atoms with Crippen LogP contribution in [0.3, 0.4) is 0 Å². The lowest BCUT2D eigenvalue weighted by molar-refractivity contribution is 0.0285. The predicted octanol–water partition coefficient (Wildman–Crippen LogP) is 6.29. The fourth-order valence-electron chi connectivity index (χ4n) is 6.88. The number of carbonyl (C=O) groups excluding carboxylic acids is 2. The van der Waals surface area contributed by atoms with Crippen molar-refractivity contribution in [1.82, 2.24) is 15.1 Å². The van der Waals surface area contributed by atoms with Gasteiger partial charge in [-0.25, -0.2) is 4.39 Å². The lowest BCUT2D eigenvalue weighted by Gasteiger charge is -2.47. The molecule has 1 spiro atoms. The highest BCUT2D eigenvalue weighted by atomic mass is 35.5. The van der Waals surface area contributed by atoms with Crippen molar-refractivity contribution in [1.29, 1.82) is 5.26 Å². The summed E-state index contributed by atoms with van der Waals surface area (Å²) in [4.78, 5) is 30.9. The van der Waals surface area contributed by atoms with Gasteiger partial charge in [0.1, 0.15) is 5.82 Å². The summed E-state index contributed by atoms with van der Waals surface area (Å²) in [5, 5.41) is 12.2. The Morgan fingerprint density at radius 3 is 2.48 bits per heavy atom. The van der Waals surface area contributed by atoms with E-state index in [9.17, 15) is 19.2 Å². The molecule has 6 nitrogen and oxygen atoms in total. The van der Waals surface area contributed by atoms with E-state index in [-0.39, 0.29) is 28.0 Å². The number of nitrogens with one attached hydrogen (secondary N) is 1. The monoisotopic (exact) mass is 584 g/mol. The number of hydrogen-bond acceptors (Lipinski definition) is 4. The summed E-state index contributed by atoms with van der Waals surface area (Å²) in [5.74, 6) is -1.17.